The minimum atomic E-state index is -2.86. The van der Waals surface area contributed by atoms with Crippen molar-refractivity contribution < 1.29 is 9.32 Å². The van der Waals surface area contributed by atoms with E-state index in [-0.39, 0.29) is 10.9 Å². The number of nitrogens with one attached hydrogen (secondary N) is 1. The quantitative estimate of drug-likeness (QED) is 0.150. The van der Waals surface area contributed by atoms with Gasteiger partial charge in [0.2, 0.25) is 0 Å². The van der Waals surface area contributed by atoms with Crippen LogP contribution in [0.4, 0.5) is 0 Å². The molecule has 0 fully saturated rings. The first-order valence-electron chi connectivity index (χ1n) is 15.0. The largest absolute Gasteiger partial charge is 0.308 e. The van der Waals surface area contributed by atoms with Gasteiger partial charge >= 0.3 is 0 Å². The van der Waals surface area contributed by atoms with Gasteiger partial charge in [0, 0.05) is 11.3 Å². The summed E-state index contributed by atoms with van der Waals surface area (Å²) < 4.78 is 6.75. The van der Waals surface area contributed by atoms with E-state index < -0.39 is 8.32 Å². The Morgan fingerprint density at radius 3 is 1.83 bits per heavy atom. The summed E-state index contributed by atoms with van der Waals surface area (Å²) in [6.07, 6.45) is 4.88. The lowest BCUT2D eigenvalue weighted by Gasteiger charge is -2.42. The van der Waals surface area contributed by atoms with Crippen LogP contribution in [0.5, 0.6) is 0 Å². The van der Waals surface area contributed by atoms with Crippen molar-refractivity contribution >= 4 is 36.4 Å². The smallest absolute Gasteiger partial charge is 0.295 e. The van der Waals surface area contributed by atoms with Gasteiger partial charge in [0.1, 0.15) is 0 Å². The SMILES string of the molecule is CC(C)(C)[Si](ONC(=O)C1=C(SCCc2ccc(-c3ccccc3)cc2)CCCC1)(c1ccccc1)c1ccccc1. The van der Waals surface area contributed by atoms with Gasteiger partial charge in [-0.3, -0.25) is 4.79 Å². The fraction of sp³-hybridized carbons (Fsp3) is 0.270. The molecular formula is C37H41NO2SSi. The van der Waals surface area contributed by atoms with Gasteiger partial charge in [-0.1, -0.05) is 136 Å². The van der Waals surface area contributed by atoms with Gasteiger partial charge in [-0.2, -0.15) is 0 Å². The minimum Gasteiger partial charge on any atom is -0.308 e. The molecule has 4 aromatic rings. The van der Waals surface area contributed by atoms with Crippen molar-refractivity contribution in [3.8, 4) is 11.1 Å². The minimum absolute atomic E-state index is 0.0857. The van der Waals surface area contributed by atoms with Crippen LogP contribution >= 0.6 is 11.8 Å². The number of hydroxylamine groups is 1. The number of allylic oxidation sites excluding steroid dienone is 1. The van der Waals surface area contributed by atoms with E-state index in [2.05, 4.69) is 123 Å². The molecule has 1 aliphatic rings. The molecule has 1 aliphatic carbocycles. The molecule has 0 aliphatic heterocycles. The molecule has 3 nitrogen and oxygen atoms in total. The third-order valence-corrected chi connectivity index (χ3v) is 14.2. The zero-order chi connectivity index (χ0) is 29.4. The summed E-state index contributed by atoms with van der Waals surface area (Å²) in [6, 6.07) is 40.2. The Balaban J connectivity index is 1.30. The van der Waals surface area contributed by atoms with Gasteiger partial charge in [-0.05, 0) is 69.1 Å². The van der Waals surface area contributed by atoms with Crippen LogP contribution in [0.15, 0.2) is 126 Å². The maximum atomic E-state index is 13.8. The van der Waals surface area contributed by atoms with Crippen molar-refractivity contribution in [2.45, 2.75) is 57.9 Å². The molecule has 0 spiro atoms. The molecule has 216 valence electrons. The molecule has 0 heterocycles. The van der Waals surface area contributed by atoms with Gasteiger partial charge in [-0.25, -0.2) is 5.48 Å². The third kappa shape index (κ3) is 6.81. The first-order valence-corrected chi connectivity index (χ1v) is 17.9. The summed E-state index contributed by atoms with van der Waals surface area (Å²) >= 11 is 1.84. The number of thioether (sulfide) groups is 1. The van der Waals surface area contributed by atoms with Crippen molar-refractivity contribution in [2.24, 2.45) is 0 Å². The van der Waals surface area contributed by atoms with Crippen LogP contribution < -0.4 is 15.9 Å². The number of hydrogen-bond acceptors (Lipinski definition) is 3. The molecule has 0 bridgehead atoms. The molecule has 0 atom stereocenters. The Hall–Kier alpha value is -3.38. The Morgan fingerprint density at radius 1 is 0.738 bits per heavy atom. The van der Waals surface area contributed by atoms with E-state index in [1.54, 1.807) is 0 Å². The Kier molecular flexibility index (Phi) is 9.83. The van der Waals surface area contributed by atoms with E-state index >= 15 is 0 Å². The fourth-order valence-corrected chi connectivity index (χ4v) is 11.3. The second-order valence-electron chi connectivity index (χ2n) is 12.0. The number of aryl methyl sites for hydroxylation is 1. The van der Waals surface area contributed by atoms with E-state index in [4.69, 9.17) is 4.53 Å². The van der Waals surface area contributed by atoms with Crippen molar-refractivity contribution in [3.63, 3.8) is 0 Å². The Labute approximate surface area is 256 Å². The predicted molar refractivity (Wildman–Crippen MR) is 180 cm³/mol. The number of rotatable bonds is 10. The molecule has 5 heteroatoms. The molecule has 42 heavy (non-hydrogen) atoms. The van der Waals surface area contributed by atoms with Crippen molar-refractivity contribution in [2.75, 3.05) is 5.75 Å². The van der Waals surface area contributed by atoms with Crippen molar-refractivity contribution in [1.82, 2.24) is 5.48 Å². The topological polar surface area (TPSA) is 38.3 Å². The van der Waals surface area contributed by atoms with Crippen LogP contribution in [0.25, 0.3) is 11.1 Å². The molecule has 4 aromatic carbocycles. The van der Waals surface area contributed by atoms with Crippen molar-refractivity contribution in [1.29, 1.82) is 0 Å². The molecule has 0 saturated carbocycles. The molecule has 1 N–H and O–H groups in total. The maximum Gasteiger partial charge on any atom is 0.295 e. The average molecular weight is 592 g/mol. The number of carbonyl (C=O) groups excluding carboxylic acids is 1. The van der Waals surface area contributed by atoms with Crippen LogP contribution in [0.3, 0.4) is 0 Å². The summed E-state index contributed by atoms with van der Waals surface area (Å²) in [7, 11) is -2.86. The van der Waals surface area contributed by atoms with Crippen LogP contribution in [0.2, 0.25) is 5.04 Å². The first-order chi connectivity index (χ1) is 20.4. The van der Waals surface area contributed by atoms with E-state index in [0.29, 0.717) is 0 Å². The van der Waals surface area contributed by atoms with Crippen LogP contribution in [-0.4, -0.2) is 20.0 Å². The molecule has 5 rings (SSSR count). The standard InChI is InChI=1S/C37H41NO2SSi/c1-37(2,3)42(32-17-9-5-10-18-32,33-19-11-6-12-20-33)40-38-36(39)34-21-13-14-22-35(34)41-28-27-29-23-25-31(26-24-29)30-15-7-4-8-16-30/h4-12,15-20,23-26H,13-14,21-22,27-28H2,1-3H3,(H,38,39). The van der Waals surface area contributed by atoms with Gasteiger partial charge in [-0.15, -0.1) is 11.8 Å². The summed E-state index contributed by atoms with van der Waals surface area (Å²) in [5.74, 6) is 0.865. The highest BCUT2D eigenvalue weighted by molar-refractivity contribution is 8.03. The number of hydrogen-bond donors (Lipinski definition) is 1. The summed E-state index contributed by atoms with van der Waals surface area (Å²) in [4.78, 5) is 15.0. The number of carbonyl (C=O) groups is 1. The zero-order valence-electron chi connectivity index (χ0n) is 24.9. The molecule has 1 amide bonds. The average Bonchev–Trinajstić information content (AvgIpc) is 3.03. The molecule has 0 saturated heterocycles. The normalized spacial score (nSPS) is 14.1. The zero-order valence-corrected chi connectivity index (χ0v) is 26.8. The lowest BCUT2D eigenvalue weighted by atomic mass is 9.99. The van der Waals surface area contributed by atoms with Crippen LogP contribution in [0.1, 0.15) is 52.0 Å². The predicted octanol–water partition coefficient (Wildman–Crippen LogP) is 8.07. The monoisotopic (exact) mass is 591 g/mol. The lowest BCUT2D eigenvalue weighted by Crippen LogP contribution is -2.68. The number of amides is 1. The summed E-state index contributed by atoms with van der Waals surface area (Å²) in [6.45, 7) is 6.66. The molecule has 0 unspecified atom stereocenters. The van der Waals surface area contributed by atoms with Gasteiger partial charge < -0.3 is 4.53 Å². The van der Waals surface area contributed by atoms with Crippen LogP contribution in [0, 0.1) is 0 Å². The third-order valence-electron chi connectivity index (χ3n) is 8.13. The van der Waals surface area contributed by atoms with E-state index in [9.17, 15) is 4.79 Å². The van der Waals surface area contributed by atoms with E-state index in [1.165, 1.54) is 21.6 Å². The highest BCUT2D eigenvalue weighted by Crippen LogP contribution is 2.37. The van der Waals surface area contributed by atoms with Crippen LogP contribution in [-0.2, 0) is 15.7 Å². The second-order valence-corrected chi connectivity index (χ2v) is 17.4. The van der Waals surface area contributed by atoms with Gasteiger partial charge in [0.25, 0.3) is 14.2 Å². The first kappa shape index (κ1) is 30.1. The molecule has 0 aromatic heterocycles. The Bertz CT molecular complexity index is 1440. The molecular weight excluding hydrogens is 551 g/mol. The maximum absolute atomic E-state index is 13.8. The van der Waals surface area contributed by atoms with Gasteiger partial charge in [0.05, 0.1) is 0 Å². The Morgan fingerprint density at radius 2 is 1.26 bits per heavy atom. The second kappa shape index (κ2) is 13.7. The summed E-state index contributed by atoms with van der Waals surface area (Å²) in [5, 5.41) is 2.08. The summed E-state index contributed by atoms with van der Waals surface area (Å²) in [5.41, 5.74) is 7.70. The highest BCUT2D eigenvalue weighted by atomic mass is 32.2. The molecule has 0 radical (unpaired) electrons. The highest BCUT2D eigenvalue weighted by Gasteiger charge is 2.51. The van der Waals surface area contributed by atoms with E-state index in [1.807, 2.05) is 30.0 Å². The lowest BCUT2D eigenvalue weighted by molar-refractivity contribution is -0.124. The van der Waals surface area contributed by atoms with Gasteiger partial charge in [0.15, 0.2) is 0 Å². The number of benzene rings is 4. The van der Waals surface area contributed by atoms with Crippen molar-refractivity contribution in [3.05, 3.63) is 131 Å². The fourth-order valence-electron chi connectivity index (χ4n) is 5.90. The van der Waals surface area contributed by atoms with E-state index in [0.717, 1.165) is 53.8 Å².